The Labute approximate surface area is 156 Å². The molecule has 1 saturated carbocycles. The molecule has 1 heterocycles. The maximum Gasteiger partial charge on any atom is 0.251 e. The zero-order valence-corrected chi connectivity index (χ0v) is 15.8. The van der Waals surface area contributed by atoms with Crippen molar-refractivity contribution >= 4 is 17.5 Å². The van der Waals surface area contributed by atoms with Crippen molar-refractivity contribution in [3.05, 3.63) is 29.8 Å². The SMILES string of the molecule is CCCCN1CCCCC1CNC(=O)c1cccc(NC(=O)C2CC2)c1. The largest absolute Gasteiger partial charge is 0.350 e. The standard InChI is InChI=1S/C21H31N3O2/c1-2-3-12-24-13-5-4-9-19(24)15-22-20(25)17-7-6-8-18(14-17)23-21(26)16-10-11-16/h6-8,14,16,19H,2-5,9-13,15H2,1H3,(H,22,25)(H,23,26). The summed E-state index contributed by atoms with van der Waals surface area (Å²) in [5, 5.41) is 6.01. The van der Waals surface area contributed by atoms with Crippen molar-refractivity contribution in [3.8, 4) is 0 Å². The molecule has 0 bridgehead atoms. The summed E-state index contributed by atoms with van der Waals surface area (Å²) in [6, 6.07) is 7.68. The van der Waals surface area contributed by atoms with E-state index in [1.54, 1.807) is 12.1 Å². The van der Waals surface area contributed by atoms with Gasteiger partial charge in [-0.15, -0.1) is 0 Å². The number of amides is 2. The van der Waals surface area contributed by atoms with Crippen LogP contribution in [0.25, 0.3) is 0 Å². The molecule has 2 N–H and O–H groups in total. The quantitative estimate of drug-likeness (QED) is 0.749. The number of hydrogen-bond donors (Lipinski definition) is 2. The van der Waals surface area contributed by atoms with Gasteiger partial charge < -0.3 is 10.6 Å². The molecule has 3 rings (SSSR count). The Morgan fingerprint density at radius 2 is 2.04 bits per heavy atom. The average molecular weight is 357 g/mol. The van der Waals surface area contributed by atoms with Gasteiger partial charge in [-0.1, -0.05) is 25.8 Å². The lowest BCUT2D eigenvalue weighted by Crippen LogP contribution is -2.47. The van der Waals surface area contributed by atoms with Crippen molar-refractivity contribution in [2.75, 3.05) is 25.0 Å². The van der Waals surface area contributed by atoms with E-state index in [0.29, 0.717) is 23.8 Å². The van der Waals surface area contributed by atoms with Crippen molar-refractivity contribution in [3.63, 3.8) is 0 Å². The lowest BCUT2D eigenvalue weighted by molar-refractivity contribution is -0.117. The normalized spacial score (nSPS) is 20.6. The highest BCUT2D eigenvalue weighted by Gasteiger charge is 2.29. The van der Waals surface area contributed by atoms with E-state index in [1.165, 1.54) is 25.7 Å². The summed E-state index contributed by atoms with van der Waals surface area (Å²) in [5.74, 6) is 0.165. The monoisotopic (exact) mass is 357 g/mol. The summed E-state index contributed by atoms with van der Waals surface area (Å²) < 4.78 is 0. The van der Waals surface area contributed by atoms with Crippen LogP contribution in [-0.2, 0) is 4.79 Å². The number of nitrogens with zero attached hydrogens (tertiary/aromatic N) is 1. The third-order valence-corrected chi connectivity index (χ3v) is 5.39. The Bertz CT molecular complexity index is 627. The van der Waals surface area contributed by atoms with E-state index in [9.17, 15) is 9.59 Å². The first-order valence-corrected chi connectivity index (χ1v) is 10.1. The van der Waals surface area contributed by atoms with E-state index in [1.807, 2.05) is 12.1 Å². The number of nitrogens with one attached hydrogen (secondary N) is 2. The minimum Gasteiger partial charge on any atom is -0.350 e. The Balaban J connectivity index is 1.52. The molecule has 5 heteroatoms. The molecule has 1 aliphatic carbocycles. The second-order valence-electron chi connectivity index (χ2n) is 7.59. The molecule has 1 aliphatic heterocycles. The van der Waals surface area contributed by atoms with Gasteiger partial charge in [0.1, 0.15) is 0 Å². The van der Waals surface area contributed by atoms with Gasteiger partial charge in [0, 0.05) is 29.8 Å². The van der Waals surface area contributed by atoms with E-state index in [0.717, 1.165) is 32.4 Å². The molecule has 1 aromatic carbocycles. The third kappa shape index (κ3) is 5.31. The van der Waals surface area contributed by atoms with E-state index in [4.69, 9.17) is 0 Å². The summed E-state index contributed by atoms with van der Waals surface area (Å²) in [7, 11) is 0. The highest BCUT2D eigenvalue weighted by molar-refractivity contribution is 5.98. The van der Waals surface area contributed by atoms with Crippen LogP contribution in [0.2, 0.25) is 0 Å². The lowest BCUT2D eigenvalue weighted by Gasteiger charge is -2.35. The molecular weight excluding hydrogens is 326 g/mol. The molecule has 1 unspecified atom stereocenters. The van der Waals surface area contributed by atoms with Crippen LogP contribution in [0, 0.1) is 5.92 Å². The summed E-state index contributed by atoms with van der Waals surface area (Å²) >= 11 is 0. The lowest BCUT2D eigenvalue weighted by atomic mass is 10.0. The van der Waals surface area contributed by atoms with Crippen LogP contribution in [0.4, 0.5) is 5.69 Å². The van der Waals surface area contributed by atoms with Crippen molar-refractivity contribution in [2.45, 2.75) is 57.9 Å². The van der Waals surface area contributed by atoms with Gasteiger partial charge in [-0.2, -0.15) is 0 Å². The molecule has 1 atom stereocenters. The molecule has 0 radical (unpaired) electrons. The third-order valence-electron chi connectivity index (χ3n) is 5.39. The fourth-order valence-corrected chi connectivity index (χ4v) is 3.59. The van der Waals surface area contributed by atoms with Crippen molar-refractivity contribution < 1.29 is 9.59 Å². The Morgan fingerprint density at radius 3 is 2.81 bits per heavy atom. The second kappa shape index (κ2) is 9.17. The Kier molecular flexibility index (Phi) is 6.67. The predicted molar refractivity (Wildman–Crippen MR) is 104 cm³/mol. The second-order valence-corrected chi connectivity index (χ2v) is 7.59. The molecule has 0 spiro atoms. The maximum absolute atomic E-state index is 12.5. The van der Waals surface area contributed by atoms with Crippen molar-refractivity contribution in [2.24, 2.45) is 5.92 Å². The van der Waals surface area contributed by atoms with E-state index < -0.39 is 0 Å². The molecule has 26 heavy (non-hydrogen) atoms. The minimum absolute atomic E-state index is 0.0615. The van der Waals surface area contributed by atoms with Gasteiger partial charge in [-0.3, -0.25) is 14.5 Å². The summed E-state index contributed by atoms with van der Waals surface area (Å²) in [6.07, 6.45) is 8.02. The molecule has 5 nitrogen and oxygen atoms in total. The van der Waals surface area contributed by atoms with Crippen molar-refractivity contribution in [1.29, 1.82) is 0 Å². The number of anilines is 1. The molecular formula is C21H31N3O2. The highest BCUT2D eigenvalue weighted by Crippen LogP contribution is 2.30. The van der Waals surface area contributed by atoms with E-state index >= 15 is 0 Å². The predicted octanol–water partition coefficient (Wildman–Crippen LogP) is 3.42. The van der Waals surface area contributed by atoms with Crippen molar-refractivity contribution in [1.82, 2.24) is 10.2 Å². The van der Waals surface area contributed by atoms with E-state index in [-0.39, 0.29) is 17.7 Å². The van der Waals surface area contributed by atoms with Gasteiger partial charge in [0.15, 0.2) is 0 Å². The zero-order chi connectivity index (χ0) is 18.4. The Hall–Kier alpha value is -1.88. The maximum atomic E-state index is 12.5. The number of carbonyl (C=O) groups excluding carboxylic acids is 2. The number of hydrogen-bond acceptors (Lipinski definition) is 3. The van der Waals surface area contributed by atoms with Crippen LogP contribution in [-0.4, -0.2) is 42.4 Å². The fraction of sp³-hybridized carbons (Fsp3) is 0.619. The van der Waals surface area contributed by atoms with Gasteiger partial charge in [0.25, 0.3) is 5.91 Å². The van der Waals surface area contributed by atoms with Crippen LogP contribution >= 0.6 is 0 Å². The van der Waals surface area contributed by atoms with Gasteiger partial charge in [0.05, 0.1) is 0 Å². The minimum atomic E-state index is -0.0615. The summed E-state index contributed by atoms with van der Waals surface area (Å²) in [4.78, 5) is 27.0. The van der Waals surface area contributed by atoms with Gasteiger partial charge >= 0.3 is 0 Å². The molecule has 2 fully saturated rings. The topological polar surface area (TPSA) is 61.4 Å². The molecule has 1 saturated heterocycles. The summed E-state index contributed by atoms with van der Waals surface area (Å²) in [6.45, 7) is 5.18. The average Bonchev–Trinajstić information content (AvgIpc) is 3.50. The number of likely N-dealkylation sites (tertiary alicyclic amines) is 1. The number of rotatable bonds is 8. The summed E-state index contributed by atoms with van der Waals surface area (Å²) in [5.41, 5.74) is 1.31. The number of piperidine rings is 1. The van der Waals surface area contributed by atoms with Crippen LogP contribution in [0.5, 0.6) is 0 Å². The van der Waals surface area contributed by atoms with Crippen LogP contribution in [0.1, 0.15) is 62.2 Å². The molecule has 142 valence electrons. The molecule has 2 amide bonds. The molecule has 1 aromatic rings. The van der Waals surface area contributed by atoms with Gasteiger partial charge in [0.2, 0.25) is 5.91 Å². The smallest absolute Gasteiger partial charge is 0.251 e. The van der Waals surface area contributed by atoms with Crippen LogP contribution in [0.3, 0.4) is 0 Å². The van der Waals surface area contributed by atoms with Crippen LogP contribution < -0.4 is 10.6 Å². The number of benzene rings is 1. The molecule has 2 aliphatic rings. The highest BCUT2D eigenvalue weighted by atomic mass is 16.2. The first kappa shape index (κ1) is 18.9. The Morgan fingerprint density at radius 1 is 1.19 bits per heavy atom. The zero-order valence-electron chi connectivity index (χ0n) is 15.8. The van der Waals surface area contributed by atoms with Gasteiger partial charge in [-0.05, 0) is 63.4 Å². The number of carbonyl (C=O) groups is 2. The molecule has 0 aromatic heterocycles. The fourth-order valence-electron chi connectivity index (χ4n) is 3.59. The number of unbranched alkanes of at least 4 members (excludes halogenated alkanes) is 1. The van der Waals surface area contributed by atoms with Crippen LogP contribution in [0.15, 0.2) is 24.3 Å². The van der Waals surface area contributed by atoms with E-state index in [2.05, 4.69) is 22.5 Å². The first-order valence-electron chi connectivity index (χ1n) is 10.1. The first-order chi connectivity index (χ1) is 12.7. The van der Waals surface area contributed by atoms with Gasteiger partial charge in [-0.25, -0.2) is 0 Å².